The maximum absolute atomic E-state index is 3.51. The number of nitrogens with zero attached hydrogens (tertiary/aromatic N) is 1. The number of hydrogen-bond acceptors (Lipinski definition) is 1. The van der Waals surface area contributed by atoms with E-state index in [1.54, 1.807) is 0 Å². The third-order valence-corrected chi connectivity index (χ3v) is 3.23. The molecule has 1 heterocycles. The van der Waals surface area contributed by atoms with Gasteiger partial charge in [-0.3, -0.25) is 0 Å². The van der Waals surface area contributed by atoms with E-state index in [9.17, 15) is 0 Å². The average Bonchev–Trinajstić information content (AvgIpc) is 2.59. The molecule has 0 saturated carbocycles. The highest BCUT2D eigenvalue weighted by atomic mass is 79.9. The fourth-order valence-corrected chi connectivity index (χ4v) is 2.30. The van der Waals surface area contributed by atoms with Crippen molar-refractivity contribution in [3.8, 4) is 0 Å². The van der Waals surface area contributed by atoms with Gasteiger partial charge in [0.05, 0.1) is 0 Å². The quantitative estimate of drug-likeness (QED) is 0.911. The van der Waals surface area contributed by atoms with Crippen LogP contribution in [-0.2, 0) is 6.54 Å². The van der Waals surface area contributed by atoms with Crippen molar-refractivity contribution in [3.05, 3.63) is 34.9 Å². The Bertz CT molecular complexity index is 508. The minimum Gasteiger partial charge on any atom is -0.346 e. The van der Waals surface area contributed by atoms with Crippen molar-refractivity contribution < 1.29 is 0 Å². The van der Waals surface area contributed by atoms with Crippen LogP contribution < -0.4 is 5.32 Å². The summed E-state index contributed by atoms with van der Waals surface area (Å²) in [5.74, 6) is 0. The van der Waals surface area contributed by atoms with Crippen molar-refractivity contribution in [1.29, 1.82) is 0 Å². The van der Waals surface area contributed by atoms with Gasteiger partial charge in [0, 0.05) is 40.2 Å². The third kappa shape index (κ3) is 3.33. The SMILES string of the molecule is CC(C)(C)NCCn1ccc2cc(Br)ccc21. The van der Waals surface area contributed by atoms with Crippen LogP contribution in [0.25, 0.3) is 10.9 Å². The predicted octanol–water partition coefficient (Wildman–Crippen LogP) is 3.79. The van der Waals surface area contributed by atoms with Crippen molar-refractivity contribution in [1.82, 2.24) is 9.88 Å². The summed E-state index contributed by atoms with van der Waals surface area (Å²) in [6.45, 7) is 8.57. The molecule has 92 valence electrons. The van der Waals surface area contributed by atoms with Gasteiger partial charge in [0.1, 0.15) is 0 Å². The second kappa shape index (κ2) is 4.83. The van der Waals surface area contributed by atoms with Crippen LogP contribution in [0.4, 0.5) is 0 Å². The zero-order chi connectivity index (χ0) is 12.5. The molecular formula is C14H19BrN2. The summed E-state index contributed by atoms with van der Waals surface area (Å²) < 4.78 is 3.43. The van der Waals surface area contributed by atoms with Gasteiger partial charge in [-0.05, 0) is 45.0 Å². The van der Waals surface area contributed by atoms with E-state index in [2.05, 4.69) is 77.0 Å². The first-order valence-electron chi connectivity index (χ1n) is 5.95. The van der Waals surface area contributed by atoms with E-state index in [0.717, 1.165) is 17.6 Å². The molecule has 2 nitrogen and oxygen atoms in total. The number of halogens is 1. The molecule has 3 heteroatoms. The first-order chi connectivity index (χ1) is 7.96. The molecule has 2 rings (SSSR count). The molecule has 0 atom stereocenters. The zero-order valence-corrected chi connectivity index (χ0v) is 12.2. The summed E-state index contributed by atoms with van der Waals surface area (Å²) >= 11 is 3.50. The molecule has 0 unspecified atom stereocenters. The highest BCUT2D eigenvalue weighted by molar-refractivity contribution is 9.10. The van der Waals surface area contributed by atoms with Gasteiger partial charge in [0.25, 0.3) is 0 Å². The molecule has 1 aromatic heterocycles. The van der Waals surface area contributed by atoms with Gasteiger partial charge in [0.2, 0.25) is 0 Å². The van der Waals surface area contributed by atoms with Crippen molar-refractivity contribution >= 4 is 26.8 Å². The number of nitrogens with one attached hydrogen (secondary N) is 1. The van der Waals surface area contributed by atoms with E-state index in [4.69, 9.17) is 0 Å². The molecular weight excluding hydrogens is 276 g/mol. The van der Waals surface area contributed by atoms with Crippen LogP contribution in [-0.4, -0.2) is 16.7 Å². The molecule has 0 fully saturated rings. The smallest absolute Gasteiger partial charge is 0.0481 e. The maximum Gasteiger partial charge on any atom is 0.0481 e. The summed E-state index contributed by atoms with van der Waals surface area (Å²) in [5, 5.41) is 4.79. The Hall–Kier alpha value is -0.800. The summed E-state index contributed by atoms with van der Waals surface area (Å²) in [6, 6.07) is 8.58. The third-order valence-electron chi connectivity index (χ3n) is 2.74. The van der Waals surface area contributed by atoms with Crippen molar-refractivity contribution in [2.24, 2.45) is 0 Å². The molecule has 0 aliphatic heterocycles. The van der Waals surface area contributed by atoms with Crippen LogP contribution in [0, 0.1) is 0 Å². The van der Waals surface area contributed by atoms with E-state index in [0.29, 0.717) is 0 Å². The van der Waals surface area contributed by atoms with Crippen molar-refractivity contribution in [2.75, 3.05) is 6.54 Å². The number of hydrogen-bond donors (Lipinski definition) is 1. The molecule has 0 radical (unpaired) electrons. The van der Waals surface area contributed by atoms with Gasteiger partial charge in [-0.2, -0.15) is 0 Å². The van der Waals surface area contributed by atoms with E-state index in [1.165, 1.54) is 10.9 Å². The van der Waals surface area contributed by atoms with Crippen LogP contribution in [0.5, 0.6) is 0 Å². The molecule has 17 heavy (non-hydrogen) atoms. The lowest BCUT2D eigenvalue weighted by Gasteiger charge is -2.20. The molecule has 0 aliphatic rings. The van der Waals surface area contributed by atoms with Crippen LogP contribution in [0.3, 0.4) is 0 Å². The van der Waals surface area contributed by atoms with Gasteiger partial charge < -0.3 is 9.88 Å². The Morgan fingerprint density at radius 1 is 1.24 bits per heavy atom. The molecule has 0 saturated heterocycles. The number of benzene rings is 1. The average molecular weight is 295 g/mol. The summed E-state index contributed by atoms with van der Waals surface area (Å²) in [4.78, 5) is 0. The van der Waals surface area contributed by atoms with Crippen molar-refractivity contribution in [2.45, 2.75) is 32.9 Å². The topological polar surface area (TPSA) is 17.0 Å². The molecule has 1 N–H and O–H groups in total. The van der Waals surface area contributed by atoms with Crippen LogP contribution in [0.15, 0.2) is 34.9 Å². The van der Waals surface area contributed by atoms with Gasteiger partial charge in [-0.25, -0.2) is 0 Å². The first kappa shape index (κ1) is 12.7. The minimum absolute atomic E-state index is 0.186. The molecule has 0 spiro atoms. The van der Waals surface area contributed by atoms with Gasteiger partial charge in [0.15, 0.2) is 0 Å². The van der Waals surface area contributed by atoms with E-state index in [1.807, 2.05) is 0 Å². The highest BCUT2D eigenvalue weighted by Crippen LogP contribution is 2.20. The largest absolute Gasteiger partial charge is 0.346 e. The normalized spacial score (nSPS) is 12.2. The maximum atomic E-state index is 3.51. The lowest BCUT2D eigenvalue weighted by molar-refractivity contribution is 0.414. The molecule has 0 aliphatic carbocycles. The molecule has 0 amide bonds. The molecule has 2 aromatic rings. The van der Waals surface area contributed by atoms with Crippen LogP contribution in [0.2, 0.25) is 0 Å². The van der Waals surface area contributed by atoms with E-state index in [-0.39, 0.29) is 5.54 Å². The molecule has 1 aromatic carbocycles. The van der Waals surface area contributed by atoms with Gasteiger partial charge in [-0.1, -0.05) is 15.9 Å². The fraction of sp³-hybridized carbons (Fsp3) is 0.429. The highest BCUT2D eigenvalue weighted by Gasteiger charge is 2.08. The Balaban J connectivity index is 2.09. The predicted molar refractivity (Wildman–Crippen MR) is 77.4 cm³/mol. The Labute approximate surface area is 111 Å². The number of rotatable bonds is 3. The van der Waals surface area contributed by atoms with E-state index < -0.39 is 0 Å². The minimum atomic E-state index is 0.186. The number of fused-ring (bicyclic) bond motifs is 1. The Morgan fingerprint density at radius 2 is 2.00 bits per heavy atom. The second-order valence-corrected chi connectivity index (χ2v) is 6.30. The molecule has 0 bridgehead atoms. The Morgan fingerprint density at radius 3 is 2.71 bits per heavy atom. The van der Waals surface area contributed by atoms with Gasteiger partial charge in [-0.15, -0.1) is 0 Å². The lowest BCUT2D eigenvalue weighted by Crippen LogP contribution is -2.37. The van der Waals surface area contributed by atoms with Crippen LogP contribution >= 0.6 is 15.9 Å². The van der Waals surface area contributed by atoms with Crippen LogP contribution in [0.1, 0.15) is 20.8 Å². The monoisotopic (exact) mass is 294 g/mol. The standard InChI is InChI=1S/C14H19BrN2/c1-14(2,3)16-7-9-17-8-6-11-10-12(15)4-5-13(11)17/h4-6,8,10,16H,7,9H2,1-3H3. The van der Waals surface area contributed by atoms with E-state index >= 15 is 0 Å². The lowest BCUT2D eigenvalue weighted by atomic mass is 10.1. The van der Waals surface area contributed by atoms with Gasteiger partial charge >= 0.3 is 0 Å². The first-order valence-corrected chi connectivity index (χ1v) is 6.74. The summed E-state index contributed by atoms with van der Waals surface area (Å²) in [6.07, 6.45) is 2.15. The van der Waals surface area contributed by atoms with Crippen molar-refractivity contribution in [3.63, 3.8) is 0 Å². The fourth-order valence-electron chi connectivity index (χ4n) is 1.92. The summed E-state index contributed by atoms with van der Waals surface area (Å²) in [7, 11) is 0. The second-order valence-electron chi connectivity index (χ2n) is 5.39. The Kier molecular flexibility index (Phi) is 3.59. The number of aromatic nitrogens is 1. The summed E-state index contributed by atoms with van der Waals surface area (Å²) in [5.41, 5.74) is 1.48. The zero-order valence-electron chi connectivity index (χ0n) is 10.6.